The fraction of sp³-hybridized carbons (Fsp3) is 0.867. The van der Waals surface area contributed by atoms with Gasteiger partial charge >= 0.3 is 6.03 Å². The van der Waals surface area contributed by atoms with E-state index in [1.54, 1.807) is 9.80 Å². The summed E-state index contributed by atoms with van der Waals surface area (Å²) in [5.41, 5.74) is 0. The lowest BCUT2D eigenvalue weighted by Gasteiger charge is -2.34. The van der Waals surface area contributed by atoms with Crippen LogP contribution in [0.25, 0.3) is 0 Å². The molecule has 0 bridgehead atoms. The van der Waals surface area contributed by atoms with Crippen LogP contribution in [0.2, 0.25) is 0 Å². The molecule has 0 aromatic rings. The zero-order chi connectivity index (χ0) is 14.2. The van der Waals surface area contributed by atoms with E-state index in [2.05, 4.69) is 6.92 Å². The average molecular weight is 266 g/mol. The van der Waals surface area contributed by atoms with Crippen molar-refractivity contribution in [3.05, 3.63) is 0 Å². The molecule has 108 valence electrons. The highest BCUT2D eigenvalue weighted by Gasteiger charge is 2.48. The quantitative estimate of drug-likeness (QED) is 0.771. The van der Waals surface area contributed by atoms with Crippen molar-refractivity contribution in [3.8, 4) is 0 Å². The van der Waals surface area contributed by atoms with Crippen LogP contribution in [0.3, 0.4) is 0 Å². The Hall–Kier alpha value is -1.06. The molecule has 1 saturated heterocycles. The van der Waals surface area contributed by atoms with Gasteiger partial charge in [0.2, 0.25) is 5.91 Å². The number of carbonyl (C=O) groups excluding carboxylic acids is 2. The van der Waals surface area contributed by atoms with Gasteiger partial charge < -0.3 is 4.90 Å². The molecule has 0 N–H and O–H groups in total. The summed E-state index contributed by atoms with van der Waals surface area (Å²) >= 11 is 0. The van der Waals surface area contributed by atoms with Crippen molar-refractivity contribution < 1.29 is 9.59 Å². The molecule has 1 aliphatic heterocycles. The molecule has 19 heavy (non-hydrogen) atoms. The zero-order valence-corrected chi connectivity index (χ0v) is 12.6. The predicted molar refractivity (Wildman–Crippen MR) is 74.7 cm³/mol. The van der Waals surface area contributed by atoms with Crippen molar-refractivity contribution >= 4 is 11.9 Å². The van der Waals surface area contributed by atoms with Crippen molar-refractivity contribution in [2.45, 2.75) is 65.0 Å². The molecule has 1 saturated carbocycles. The van der Waals surface area contributed by atoms with Crippen LogP contribution in [0.4, 0.5) is 4.79 Å². The van der Waals surface area contributed by atoms with E-state index >= 15 is 0 Å². The Morgan fingerprint density at radius 3 is 2.32 bits per heavy atom. The third kappa shape index (κ3) is 2.49. The first-order valence-electron chi connectivity index (χ1n) is 7.55. The standard InChI is InChI=1S/C15H26N2O2/c1-10(2)14(18)17-13(11(3)16(4)15(17)19)12-8-6-5-7-9-12/h10-13H,5-9H2,1-4H3/t11-,13-/m0/s1. The Labute approximate surface area is 116 Å². The first-order valence-corrected chi connectivity index (χ1v) is 7.55. The Bertz CT molecular complexity index is 353. The lowest BCUT2D eigenvalue weighted by molar-refractivity contribution is -0.133. The van der Waals surface area contributed by atoms with Gasteiger partial charge in [-0.25, -0.2) is 4.79 Å². The van der Waals surface area contributed by atoms with Gasteiger partial charge in [0.1, 0.15) is 0 Å². The van der Waals surface area contributed by atoms with Crippen molar-refractivity contribution in [2.24, 2.45) is 11.8 Å². The third-order valence-electron chi connectivity index (χ3n) is 4.78. The van der Waals surface area contributed by atoms with Gasteiger partial charge in [0, 0.05) is 13.0 Å². The zero-order valence-electron chi connectivity index (χ0n) is 12.6. The van der Waals surface area contributed by atoms with E-state index in [4.69, 9.17) is 0 Å². The van der Waals surface area contributed by atoms with Crippen LogP contribution in [-0.2, 0) is 4.79 Å². The summed E-state index contributed by atoms with van der Waals surface area (Å²) in [6.07, 6.45) is 6.06. The second-order valence-electron chi connectivity index (χ2n) is 6.39. The molecule has 1 aliphatic carbocycles. The summed E-state index contributed by atoms with van der Waals surface area (Å²) in [7, 11) is 1.82. The van der Waals surface area contributed by atoms with Gasteiger partial charge in [-0.15, -0.1) is 0 Å². The number of imide groups is 1. The monoisotopic (exact) mass is 266 g/mol. The van der Waals surface area contributed by atoms with E-state index in [1.807, 2.05) is 20.9 Å². The summed E-state index contributed by atoms with van der Waals surface area (Å²) in [5, 5.41) is 0. The lowest BCUT2D eigenvalue weighted by Crippen LogP contribution is -2.47. The highest BCUT2D eigenvalue weighted by molar-refractivity contribution is 5.97. The first-order chi connectivity index (χ1) is 8.95. The molecular weight excluding hydrogens is 240 g/mol. The summed E-state index contributed by atoms with van der Waals surface area (Å²) < 4.78 is 0. The van der Waals surface area contributed by atoms with Crippen LogP contribution in [0, 0.1) is 11.8 Å². The number of rotatable bonds is 2. The van der Waals surface area contributed by atoms with E-state index < -0.39 is 0 Å². The maximum Gasteiger partial charge on any atom is 0.327 e. The smallest absolute Gasteiger partial charge is 0.323 e. The molecule has 2 fully saturated rings. The molecule has 2 atom stereocenters. The van der Waals surface area contributed by atoms with Crippen molar-refractivity contribution in [1.29, 1.82) is 0 Å². The summed E-state index contributed by atoms with van der Waals surface area (Å²) in [5.74, 6) is 0.353. The fourth-order valence-electron chi connectivity index (χ4n) is 3.52. The van der Waals surface area contributed by atoms with Crippen molar-refractivity contribution in [2.75, 3.05) is 7.05 Å². The number of amides is 3. The molecule has 2 aliphatic rings. The lowest BCUT2D eigenvalue weighted by atomic mass is 9.81. The number of likely N-dealkylation sites (N-methyl/N-ethyl adjacent to an activating group) is 1. The second kappa shape index (κ2) is 5.51. The number of hydrogen-bond acceptors (Lipinski definition) is 2. The minimum absolute atomic E-state index is 0.0169. The normalized spacial score (nSPS) is 29.4. The maximum absolute atomic E-state index is 12.4. The van der Waals surface area contributed by atoms with E-state index in [-0.39, 0.29) is 29.9 Å². The van der Waals surface area contributed by atoms with Gasteiger partial charge in [-0.1, -0.05) is 33.1 Å². The number of carbonyl (C=O) groups is 2. The largest absolute Gasteiger partial charge is 0.327 e. The molecule has 3 amide bonds. The second-order valence-corrected chi connectivity index (χ2v) is 6.39. The summed E-state index contributed by atoms with van der Waals surface area (Å²) in [6.45, 7) is 5.82. The molecule has 1 heterocycles. The number of nitrogens with zero attached hydrogens (tertiary/aromatic N) is 2. The molecule has 0 unspecified atom stereocenters. The minimum Gasteiger partial charge on any atom is -0.323 e. The Kier molecular flexibility index (Phi) is 4.16. The van der Waals surface area contributed by atoms with E-state index in [0.29, 0.717) is 5.92 Å². The molecule has 0 radical (unpaired) electrons. The van der Waals surface area contributed by atoms with Crippen LogP contribution in [0.5, 0.6) is 0 Å². The van der Waals surface area contributed by atoms with Crippen LogP contribution in [0.1, 0.15) is 52.9 Å². The van der Waals surface area contributed by atoms with Gasteiger partial charge in [0.25, 0.3) is 0 Å². The molecule has 2 rings (SSSR count). The molecule has 0 aromatic heterocycles. The Morgan fingerprint density at radius 2 is 1.79 bits per heavy atom. The molecule has 0 spiro atoms. The first kappa shape index (κ1) is 14.4. The topological polar surface area (TPSA) is 40.6 Å². The molecular formula is C15H26N2O2. The SMILES string of the molecule is CC(C)C(=O)N1C(=O)N(C)[C@@H](C)[C@H]1C1CCCCC1. The van der Waals surface area contributed by atoms with Crippen LogP contribution in [0.15, 0.2) is 0 Å². The predicted octanol–water partition coefficient (Wildman–Crippen LogP) is 2.87. The van der Waals surface area contributed by atoms with Crippen LogP contribution in [-0.4, -0.2) is 40.9 Å². The van der Waals surface area contributed by atoms with Gasteiger partial charge in [0.15, 0.2) is 0 Å². The van der Waals surface area contributed by atoms with Crippen LogP contribution < -0.4 is 0 Å². The molecule has 0 aromatic carbocycles. The fourth-order valence-corrected chi connectivity index (χ4v) is 3.52. The highest BCUT2D eigenvalue weighted by atomic mass is 16.2. The Morgan fingerprint density at radius 1 is 1.21 bits per heavy atom. The average Bonchev–Trinajstić information content (AvgIpc) is 2.63. The van der Waals surface area contributed by atoms with Gasteiger partial charge in [-0.2, -0.15) is 0 Å². The number of urea groups is 1. The maximum atomic E-state index is 12.4. The van der Waals surface area contributed by atoms with Crippen molar-refractivity contribution in [3.63, 3.8) is 0 Å². The highest BCUT2D eigenvalue weighted by Crippen LogP contribution is 2.36. The molecule has 4 heteroatoms. The minimum atomic E-state index is -0.117. The van der Waals surface area contributed by atoms with Crippen molar-refractivity contribution in [1.82, 2.24) is 9.80 Å². The number of hydrogen-bond donors (Lipinski definition) is 0. The molecule has 4 nitrogen and oxygen atoms in total. The van der Waals surface area contributed by atoms with Gasteiger partial charge in [0.05, 0.1) is 12.1 Å². The van der Waals surface area contributed by atoms with E-state index in [1.165, 1.54) is 19.3 Å². The Balaban J connectivity index is 2.25. The van der Waals surface area contributed by atoms with E-state index in [0.717, 1.165) is 12.8 Å². The van der Waals surface area contributed by atoms with Gasteiger partial charge in [-0.3, -0.25) is 9.69 Å². The van der Waals surface area contributed by atoms with Gasteiger partial charge in [-0.05, 0) is 25.7 Å². The summed E-state index contributed by atoms with van der Waals surface area (Å²) in [4.78, 5) is 28.0. The third-order valence-corrected chi connectivity index (χ3v) is 4.78. The van der Waals surface area contributed by atoms with Crippen LogP contribution >= 0.6 is 0 Å². The van der Waals surface area contributed by atoms with E-state index in [9.17, 15) is 9.59 Å². The summed E-state index contributed by atoms with van der Waals surface area (Å²) in [6, 6.07) is 0.104.